The lowest BCUT2D eigenvalue weighted by Crippen LogP contribution is -2.49. The molecular formula is C35H31BN3O2. The van der Waals surface area contributed by atoms with E-state index in [9.17, 15) is 5.11 Å². The summed E-state index contributed by atoms with van der Waals surface area (Å²) in [5.74, 6) is 1.87. The third-order valence-corrected chi connectivity index (χ3v) is 7.82. The summed E-state index contributed by atoms with van der Waals surface area (Å²) < 4.78 is 6.06. The molecule has 0 aliphatic rings. The van der Waals surface area contributed by atoms with Crippen LogP contribution in [-0.4, -0.2) is 38.7 Å². The van der Waals surface area contributed by atoms with Gasteiger partial charge in [0.15, 0.2) is 17.5 Å². The van der Waals surface area contributed by atoms with E-state index in [-0.39, 0.29) is 0 Å². The molecule has 0 spiro atoms. The minimum atomic E-state index is -1.00. The summed E-state index contributed by atoms with van der Waals surface area (Å²) >= 11 is 0. The lowest BCUT2D eigenvalue weighted by Gasteiger charge is -2.37. The molecule has 0 bridgehead atoms. The van der Waals surface area contributed by atoms with Gasteiger partial charge in [0, 0.05) is 16.7 Å². The largest absolute Gasteiger partial charge is 0.427 e. The van der Waals surface area contributed by atoms with Crippen molar-refractivity contribution in [2.75, 3.05) is 0 Å². The second-order valence-corrected chi connectivity index (χ2v) is 11.3. The molecule has 1 heterocycles. The number of rotatable bonds is 7. The van der Waals surface area contributed by atoms with Gasteiger partial charge in [0.1, 0.15) is 0 Å². The Morgan fingerprint density at radius 1 is 0.585 bits per heavy atom. The van der Waals surface area contributed by atoms with Crippen LogP contribution in [0.5, 0.6) is 0 Å². The van der Waals surface area contributed by atoms with Crippen molar-refractivity contribution in [2.24, 2.45) is 0 Å². The van der Waals surface area contributed by atoms with Crippen LogP contribution in [0.15, 0.2) is 109 Å². The Labute approximate surface area is 241 Å². The standard InChI is InChI=1S/C35H31BN3O2/c1-34(2,40)35(3,4)41-36-30-19-11-16-25-22-26(20-21-28(25)30)32-37-31(24-13-6-5-7-14-24)38-33(39-32)29-18-10-15-23-12-8-9-17-27(23)29/h5-22,40H,1-4H3. The zero-order valence-corrected chi connectivity index (χ0v) is 23.7. The predicted molar refractivity (Wildman–Crippen MR) is 168 cm³/mol. The van der Waals surface area contributed by atoms with Crippen molar-refractivity contribution in [2.45, 2.75) is 38.9 Å². The third-order valence-electron chi connectivity index (χ3n) is 7.82. The van der Waals surface area contributed by atoms with Crippen molar-refractivity contribution in [3.05, 3.63) is 109 Å². The fourth-order valence-corrected chi connectivity index (χ4v) is 4.67. The van der Waals surface area contributed by atoms with Gasteiger partial charge in [-0.25, -0.2) is 15.0 Å². The van der Waals surface area contributed by atoms with Crippen LogP contribution in [0.3, 0.4) is 0 Å². The highest BCUT2D eigenvalue weighted by molar-refractivity contribution is 6.51. The van der Waals surface area contributed by atoms with E-state index in [1.165, 1.54) is 0 Å². The average molecular weight is 536 g/mol. The second-order valence-electron chi connectivity index (χ2n) is 11.3. The van der Waals surface area contributed by atoms with Gasteiger partial charge in [0.2, 0.25) is 0 Å². The molecule has 1 N–H and O–H groups in total. The van der Waals surface area contributed by atoms with Crippen LogP contribution in [0.1, 0.15) is 27.7 Å². The van der Waals surface area contributed by atoms with Gasteiger partial charge in [-0.2, -0.15) is 0 Å². The van der Waals surface area contributed by atoms with Crippen molar-refractivity contribution in [1.29, 1.82) is 0 Å². The molecule has 0 saturated heterocycles. The molecule has 6 rings (SSSR count). The Morgan fingerprint density at radius 2 is 1.22 bits per heavy atom. The van der Waals surface area contributed by atoms with Crippen LogP contribution >= 0.6 is 0 Å². The molecule has 6 aromatic rings. The number of nitrogens with zero attached hydrogens (tertiary/aromatic N) is 3. The van der Waals surface area contributed by atoms with Crippen LogP contribution in [0.25, 0.3) is 55.7 Å². The van der Waals surface area contributed by atoms with Gasteiger partial charge in [0.05, 0.1) is 11.2 Å². The van der Waals surface area contributed by atoms with Gasteiger partial charge >= 0.3 is 7.48 Å². The maximum atomic E-state index is 10.5. The smallest absolute Gasteiger partial charge is 0.331 e. The molecule has 0 atom stereocenters. The van der Waals surface area contributed by atoms with E-state index in [4.69, 9.17) is 19.6 Å². The van der Waals surface area contributed by atoms with E-state index in [1.54, 1.807) is 21.3 Å². The molecule has 1 radical (unpaired) electrons. The molecule has 41 heavy (non-hydrogen) atoms. The van der Waals surface area contributed by atoms with Gasteiger partial charge in [0.25, 0.3) is 0 Å². The Hall–Kier alpha value is -4.39. The van der Waals surface area contributed by atoms with Crippen molar-refractivity contribution < 1.29 is 9.76 Å². The Kier molecular flexibility index (Phi) is 6.90. The minimum Gasteiger partial charge on any atom is -0.427 e. The van der Waals surface area contributed by atoms with E-state index in [2.05, 4.69) is 42.5 Å². The van der Waals surface area contributed by atoms with Crippen molar-refractivity contribution in [3.63, 3.8) is 0 Å². The topological polar surface area (TPSA) is 68.1 Å². The van der Waals surface area contributed by atoms with Gasteiger partial charge < -0.3 is 9.76 Å². The minimum absolute atomic E-state index is 0.609. The third kappa shape index (κ3) is 5.36. The molecule has 0 fully saturated rings. The molecular weight excluding hydrogens is 505 g/mol. The molecule has 0 saturated carbocycles. The molecule has 6 heteroatoms. The van der Waals surface area contributed by atoms with E-state index in [1.807, 2.05) is 80.6 Å². The van der Waals surface area contributed by atoms with Crippen LogP contribution in [0, 0.1) is 0 Å². The number of aliphatic hydroxyl groups is 1. The first-order valence-corrected chi connectivity index (χ1v) is 13.8. The van der Waals surface area contributed by atoms with E-state index in [0.717, 1.165) is 43.7 Å². The summed E-state index contributed by atoms with van der Waals surface area (Å²) in [6, 6.07) is 36.8. The highest BCUT2D eigenvalue weighted by Crippen LogP contribution is 2.31. The summed E-state index contributed by atoms with van der Waals surface area (Å²) in [7, 11) is 1.73. The van der Waals surface area contributed by atoms with Gasteiger partial charge in [-0.1, -0.05) is 103 Å². The van der Waals surface area contributed by atoms with E-state index in [0.29, 0.717) is 17.5 Å². The number of aromatic nitrogens is 3. The van der Waals surface area contributed by atoms with Crippen LogP contribution in [-0.2, 0) is 4.65 Å². The normalized spacial score (nSPS) is 12.1. The van der Waals surface area contributed by atoms with Gasteiger partial charge in [-0.15, -0.1) is 0 Å². The van der Waals surface area contributed by atoms with Crippen molar-refractivity contribution in [1.82, 2.24) is 15.0 Å². The van der Waals surface area contributed by atoms with Gasteiger partial charge in [-0.05, 0) is 60.8 Å². The molecule has 0 aliphatic carbocycles. The van der Waals surface area contributed by atoms with Crippen LogP contribution < -0.4 is 5.46 Å². The molecule has 1 aromatic heterocycles. The molecule has 0 unspecified atom stereocenters. The predicted octanol–water partition coefficient (Wildman–Crippen LogP) is 6.99. The first-order valence-electron chi connectivity index (χ1n) is 13.8. The summed E-state index contributed by atoms with van der Waals surface area (Å²) in [4.78, 5) is 14.8. The summed E-state index contributed by atoms with van der Waals surface area (Å²) in [6.07, 6.45) is 0. The van der Waals surface area contributed by atoms with Crippen LogP contribution in [0.4, 0.5) is 0 Å². The zero-order chi connectivity index (χ0) is 28.6. The summed E-state index contributed by atoms with van der Waals surface area (Å²) in [5.41, 5.74) is 1.97. The van der Waals surface area contributed by atoms with E-state index >= 15 is 0 Å². The summed E-state index contributed by atoms with van der Waals surface area (Å²) in [5, 5.41) is 14.8. The SMILES string of the molecule is CC(C)(O)C(C)(C)O[B]c1cccc2cc(-c3nc(-c4ccccc4)nc(-c4cccc5ccccc45)n3)ccc12. The fraction of sp³-hybridized carbons (Fsp3) is 0.171. The van der Waals surface area contributed by atoms with Crippen molar-refractivity contribution in [3.8, 4) is 34.2 Å². The summed E-state index contributed by atoms with van der Waals surface area (Å²) in [6.45, 7) is 7.26. The Balaban J connectivity index is 1.45. The number of hydrogen-bond donors (Lipinski definition) is 1. The molecule has 5 aromatic carbocycles. The van der Waals surface area contributed by atoms with Crippen molar-refractivity contribution >= 4 is 34.5 Å². The average Bonchev–Trinajstić information content (AvgIpc) is 2.99. The molecule has 0 aliphatic heterocycles. The maximum Gasteiger partial charge on any atom is 0.331 e. The first kappa shape index (κ1) is 26.8. The highest BCUT2D eigenvalue weighted by Gasteiger charge is 2.35. The Morgan fingerprint density at radius 3 is 2.00 bits per heavy atom. The monoisotopic (exact) mass is 536 g/mol. The fourth-order valence-electron chi connectivity index (χ4n) is 4.67. The van der Waals surface area contributed by atoms with E-state index < -0.39 is 11.2 Å². The first-order chi connectivity index (χ1) is 19.7. The molecule has 201 valence electrons. The Bertz CT molecular complexity index is 1860. The second kappa shape index (κ2) is 10.5. The highest BCUT2D eigenvalue weighted by atomic mass is 16.5. The lowest BCUT2D eigenvalue weighted by molar-refractivity contribution is -0.0893. The lowest BCUT2D eigenvalue weighted by atomic mass is 9.80. The van der Waals surface area contributed by atoms with Gasteiger partial charge in [-0.3, -0.25) is 0 Å². The molecule has 5 nitrogen and oxygen atoms in total. The maximum absolute atomic E-state index is 10.5. The molecule has 0 amide bonds. The quantitative estimate of drug-likeness (QED) is 0.223. The zero-order valence-electron chi connectivity index (χ0n) is 23.7. The van der Waals surface area contributed by atoms with Crippen LogP contribution in [0.2, 0.25) is 0 Å². The number of hydrogen-bond acceptors (Lipinski definition) is 5. The number of fused-ring (bicyclic) bond motifs is 2. The number of benzene rings is 5.